The van der Waals surface area contributed by atoms with Crippen LogP contribution in [0.2, 0.25) is 0 Å². The van der Waals surface area contributed by atoms with E-state index in [4.69, 9.17) is 5.73 Å². The van der Waals surface area contributed by atoms with Crippen LogP contribution in [0.5, 0.6) is 0 Å². The van der Waals surface area contributed by atoms with Gasteiger partial charge in [0.2, 0.25) is 5.91 Å². The average Bonchev–Trinajstić information content (AvgIpc) is 2.70. The van der Waals surface area contributed by atoms with Crippen molar-refractivity contribution in [2.75, 3.05) is 13.1 Å². The first kappa shape index (κ1) is 10.1. The summed E-state index contributed by atoms with van der Waals surface area (Å²) in [6, 6.07) is 0.124. The van der Waals surface area contributed by atoms with Gasteiger partial charge in [0, 0.05) is 19.1 Å². The highest BCUT2D eigenvalue weighted by Crippen LogP contribution is 2.08. The van der Waals surface area contributed by atoms with E-state index >= 15 is 0 Å². The number of hydrogen-bond acceptors (Lipinski definition) is 4. The van der Waals surface area contributed by atoms with Crippen molar-refractivity contribution >= 4 is 5.91 Å². The second kappa shape index (κ2) is 4.39. The first-order chi connectivity index (χ1) is 7.25. The standard InChI is InChI=1S/C9H15N5O/c10-8-2-1-3-13(4-8)9(15)5-14-7-11-6-12-14/h6-8H,1-5,10H2/t8-/m0/s1. The summed E-state index contributed by atoms with van der Waals surface area (Å²) in [5.41, 5.74) is 5.81. The molecule has 2 N–H and O–H groups in total. The van der Waals surface area contributed by atoms with Crippen molar-refractivity contribution in [3.63, 3.8) is 0 Å². The molecule has 82 valence electrons. The summed E-state index contributed by atoms with van der Waals surface area (Å²) in [6.07, 6.45) is 4.97. The van der Waals surface area contributed by atoms with E-state index in [0.29, 0.717) is 6.54 Å². The lowest BCUT2D eigenvalue weighted by molar-refractivity contribution is -0.133. The highest BCUT2D eigenvalue weighted by molar-refractivity contribution is 5.76. The molecular weight excluding hydrogens is 194 g/mol. The van der Waals surface area contributed by atoms with Crippen molar-refractivity contribution in [1.29, 1.82) is 0 Å². The van der Waals surface area contributed by atoms with Crippen LogP contribution in [0.15, 0.2) is 12.7 Å². The zero-order valence-electron chi connectivity index (χ0n) is 8.54. The summed E-state index contributed by atoms with van der Waals surface area (Å²) < 4.78 is 1.53. The molecule has 1 amide bonds. The lowest BCUT2D eigenvalue weighted by Gasteiger charge is -2.30. The number of carbonyl (C=O) groups is 1. The minimum atomic E-state index is 0.0654. The second-order valence-electron chi connectivity index (χ2n) is 3.84. The molecule has 1 aromatic heterocycles. The van der Waals surface area contributed by atoms with Crippen LogP contribution in [0.25, 0.3) is 0 Å². The summed E-state index contributed by atoms with van der Waals surface area (Å²) in [5, 5.41) is 3.90. The molecule has 1 saturated heterocycles. The Morgan fingerprint density at radius 1 is 1.60 bits per heavy atom. The monoisotopic (exact) mass is 209 g/mol. The quantitative estimate of drug-likeness (QED) is 0.693. The van der Waals surface area contributed by atoms with Crippen LogP contribution < -0.4 is 5.73 Å². The zero-order valence-corrected chi connectivity index (χ0v) is 8.54. The number of hydrogen-bond donors (Lipinski definition) is 1. The molecule has 0 saturated carbocycles. The third-order valence-electron chi connectivity index (χ3n) is 2.57. The highest BCUT2D eigenvalue weighted by atomic mass is 16.2. The maximum atomic E-state index is 11.8. The Labute approximate surface area is 88.1 Å². The van der Waals surface area contributed by atoms with Gasteiger partial charge in [0.1, 0.15) is 19.2 Å². The number of nitrogens with zero attached hydrogens (tertiary/aromatic N) is 4. The minimum Gasteiger partial charge on any atom is -0.340 e. The summed E-state index contributed by atoms with van der Waals surface area (Å²) in [4.78, 5) is 17.4. The van der Waals surface area contributed by atoms with Gasteiger partial charge < -0.3 is 10.6 Å². The van der Waals surface area contributed by atoms with Crippen LogP contribution in [-0.4, -0.2) is 44.7 Å². The summed E-state index contributed by atoms with van der Waals surface area (Å²) >= 11 is 0. The van der Waals surface area contributed by atoms with Gasteiger partial charge in [0.15, 0.2) is 0 Å². The molecule has 0 radical (unpaired) electrons. The van der Waals surface area contributed by atoms with Crippen molar-refractivity contribution < 1.29 is 4.79 Å². The predicted molar refractivity (Wildman–Crippen MR) is 53.8 cm³/mol. The Morgan fingerprint density at radius 3 is 3.13 bits per heavy atom. The summed E-state index contributed by atoms with van der Waals surface area (Å²) in [7, 11) is 0. The highest BCUT2D eigenvalue weighted by Gasteiger charge is 2.21. The van der Waals surface area contributed by atoms with Crippen molar-refractivity contribution in [2.24, 2.45) is 5.73 Å². The average molecular weight is 209 g/mol. The summed E-state index contributed by atoms with van der Waals surface area (Å²) in [5.74, 6) is 0.0654. The first-order valence-corrected chi connectivity index (χ1v) is 5.11. The second-order valence-corrected chi connectivity index (χ2v) is 3.84. The Balaban J connectivity index is 1.90. The molecule has 1 atom stereocenters. The molecule has 1 aromatic rings. The lowest BCUT2D eigenvalue weighted by atomic mass is 10.1. The van der Waals surface area contributed by atoms with E-state index in [-0.39, 0.29) is 18.5 Å². The molecule has 0 bridgehead atoms. The fourth-order valence-corrected chi connectivity index (χ4v) is 1.79. The van der Waals surface area contributed by atoms with E-state index in [1.54, 1.807) is 11.2 Å². The Hall–Kier alpha value is -1.43. The van der Waals surface area contributed by atoms with Gasteiger partial charge in [-0.05, 0) is 12.8 Å². The molecule has 0 aliphatic carbocycles. The van der Waals surface area contributed by atoms with Gasteiger partial charge in [0.05, 0.1) is 0 Å². The molecule has 0 spiro atoms. The topological polar surface area (TPSA) is 77.0 Å². The maximum Gasteiger partial charge on any atom is 0.244 e. The summed E-state index contributed by atoms with van der Waals surface area (Å²) in [6.45, 7) is 1.72. The molecule has 6 heteroatoms. The molecule has 1 fully saturated rings. The molecule has 0 unspecified atom stereocenters. The number of carbonyl (C=O) groups excluding carboxylic acids is 1. The van der Waals surface area contributed by atoms with Gasteiger partial charge in [-0.15, -0.1) is 0 Å². The van der Waals surface area contributed by atoms with E-state index in [2.05, 4.69) is 10.1 Å². The van der Waals surface area contributed by atoms with Crippen LogP contribution in [0.3, 0.4) is 0 Å². The predicted octanol–water partition coefficient (Wildman–Crippen LogP) is -0.772. The number of piperidine rings is 1. The third kappa shape index (κ3) is 2.53. The number of rotatable bonds is 2. The SMILES string of the molecule is N[C@H]1CCCN(C(=O)Cn2cncn2)C1. The molecule has 2 rings (SSSR count). The number of nitrogens with two attached hydrogens (primary N) is 1. The van der Waals surface area contributed by atoms with E-state index in [1.165, 1.54) is 11.0 Å². The lowest BCUT2D eigenvalue weighted by Crippen LogP contribution is -2.46. The van der Waals surface area contributed by atoms with Gasteiger partial charge in [-0.2, -0.15) is 5.10 Å². The molecule has 1 aliphatic heterocycles. The van der Waals surface area contributed by atoms with Crippen LogP contribution in [0.4, 0.5) is 0 Å². The molecular formula is C9H15N5O. The molecule has 1 aliphatic rings. The van der Waals surface area contributed by atoms with Crippen molar-refractivity contribution in [1.82, 2.24) is 19.7 Å². The molecule has 2 heterocycles. The minimum absolute atomic E-state index is 0.0654. The van der Waals surface area contributed by atoms with Crippen LogP contribution in [0.1, 0.15) is 12.8 Å². The van der Waals surface area contributed by atoms with E-state index in [1.807, 2.05) is 0 Å². The fourth-order valence-electron chi connectivity index (χ4n) is 1.79. The van der Waals surface area contributed by atoms with Crippen molar-refractivity contribution in [2.45, 2.75) is 25.4 Å². The number of aromatic nitrogens is 3. The molecule has 0 aromatic carbocycles. The van der Waals surface area contributed by atoms with Crippen LogP contribution in [0, 0.1) is 0 Å². The fraction of sp³-hybridized carbons (Fsp3) is 0.667. The van der Waals surface area contributed by atoms with Gasteiger partial charge in [-0.3, -0.25) is 4.79 Å². The maximum absolute atomic E-state index is 11.8. The largest absolute Gasteiger partial charge is 0.340 e. The molecule has 15 heavy (non-hydrogen) atoms. The van der Waals surface area contributed by atoms with Crippen LogP contribution in [-0.2, 0) is 11.3 Å². The van der Waals surface area contributed by atoms with Gasteiger partial charge in [-0.1, -0.05) is 0 Å². The smallest absolute Gasteiger partial charge is 0.244 e. The zero-order chi connectivity index (χ0) is 10.7. The third-order valence-corrected chi connectivity index (χ3v) is 2.57. The van der Waals surface area contributed by atoms with Crippen LogP contribution >= 0.6 is 0 Å². The van der Waals surface area contributed by atoms with E-state index < -0.39 is 0 Å². The van der Waals surface area contributed by atoms with Crippen molar-refractivity contribution in [3.8, 4) is 0 Å². The molecule has 6 nitrogen and oxygen atoms in total. The van der Waals surface area contributed by atoms with Gasteiger partial charge >= 0.3 is 0 Å². The van der Waals surface area contributed by atoms with E-state index in [9.17, 15) is 4.79 Å². The Morgan fingerprint density at radius 2 is 2.47 bits per heavy atom. The van der Waals surface area contributed by atoms with Gasteiger partial charge in [-0.25, -0.2) is 9.67 Å². The van der Waals surface area contributed by atoms with Crippen molar-refractivity contribution in [3.05, 3.63) is 12.7 Å². The van der Waals surface area contributed by atoms with E-state index in [0.717, 1.165) is 19.4 Å². The van der Waals surface area contributed by atoms with Gasteiger partial charge in [0.25, 0.3) is 0 Å². The normalized spacial score (nSPS) is 21.7. The Kier molecular flexibility index (Phi) is 2.96. The number of amides is 1. The first-order valence-electron chi connectivity index (χ1n) is 5.11. The Bertz CT molecular complexity index is 323. The number of likely N-dealkylation sites (tertiary alicyclic amines) is 1.